The van der Waals surface area contributed by atoms with Crippen molar-refractivity contribution in [3.63, 3.8) is 0 Å². The predicted octanol–water partition coefficient (Wildman–Crippen LogP) is -0.505. The van der Waals surface area contributed by atoms with Gasteiger partial charge in [0.2, 0.25) is 5.91 Å². The fourth-order valence-corrected chi connectivity index (χ4v) is 1.52. The van der Waals surface area contributed by atoms with Gasteiger partial charge in [-0.1, -0.05) is 6.42 Å². The Morgan fingerprint density at radius 3 is 2.45 bits per heavy atom. The minimum atomic E-state index is -0.102. The molecule has 0 saturated heterocycles. The highest BCUT2D eigenvalue weighted by Crippen LogP contribution is 2.42. The lowest BCUT2D eigenvalue weighted by atomic mass is 9.66. The highest BCUT2D eigenvalue weighted by Gasteiger charge is 2.37. The summed E-state index contributed by atoms with van der Waals surface area (Å²) in [6.45, 7) is 0.598. The Kier molecular flexibility index (Phi) is 2.46. The quantitative estimate of drug-likeness (QED) is 0.293. The summed E-state index contributed by atoms with van der Waals surface area (Å²) in [5.74, 6) is 4.87. The second kappa shape index (κ2) is 3.19. The average Bonchev–Trinajstić information content (AvgIpc) is 1.96. The minimum Gasteiger partial charge on any atom is -0.330 e. The summed E-state index contributed by atoms with van der Waals surface area (Å²) < 4.78 is 0. The SMILES string of the molecule is NCC1(CC(=O)NN)CCC1. The minimum absolute atomic E-state index is 0.0729. The molecule has 64 valence electrons. The van der Waals surface area contributed by atoms with Crippen molar-refractivity contribution >= 4 is 5.91 Å². The van der Waals surface area contributed by atoms with E-state index in [1.54, 1.807) is 0 Å². The zero-order valence-electron chi connectivity index (χ0n) is 6.60. The van der Waals surface area contributed by atoms with E-state index in [9.17, 15) is 4.79 Å². The van der Waals surface area contributed by atoms with Crippen LogP contribution >= 0.6 is 0 Å². The van der Waals surface area contributed by atoms with Crippen molar-refractivity contribution in [1.82, 2.24) is 5.43 Å². The van der Waals surface area contributed by atoms with Crippen LogP contribution in [0, 0.1) is 5.41 Å². The highest BCUT2D eigenvalue weighted by molar-refractivity contribution is 5.76. The first-order valence-corrected chi connectivity index (χ1v) is 3.92. The lowest BCUT2D eigenvalue weighted by Crippen LogP contribution is -2.43. The van der Waals surface area contributed by atoms with Crippen LogP contribution in [0.3, 0.4) is 0 Å². The van der Waals surface area contributed by atoms with E-state index in [2.05, 4.69) is 5.43 Å². The lowest BCUT2D eigenvalue weighted by Gasteiger charge is -2.40. The molecule has 5 N–H and O–H groups in total. The van der Waals surface area contributed by atoms with E-state index in [4.69, 9.17) is 11.6 Å². The number of hydrazine groups is 1. The summed E-state index contributed by atoms with van der Waals surface area (Å²) in [5, 5.41) is 0. The molecule has 1 aliphatic rings. The van der Waals surface area contributed by atoms with Gasteiger partial charge < -0.3 is 5.73 Å². The zero-order chi connectivity index (χ0) is 8.32. The van der Waals surface area contributed by atoms with Crippen molar-refractivity contribution in [2.24, 2.45) is 17.0 Å². The van der Waals surface area contributed by atoms with E-state index < -0.39 is 0 Å². The molecule has 0 unspecified atom stereocenters. The molecule has 1 aliphatic carbocycles. The number of carbonyl (C=O) groups excluding carboxylic acids is 1. The van der Waals surface area contributed by atoms with Crippen LogP contribution in [0.1, 0.15) is 25.7 Å². The van der Waals surface area contributed by atoms with Gasteiger partial charge in [-0.15, -0.1) is 0 Å². The van der Waals surface area contributed by atoms with Crippen LogP contribution in [0.15, 0.2) is 0 Å². The average molecular weight is 157 g/mol. The van der Waals surface area contributed by atoms with Crippen molar-refractivity contribution in [1.29, 1.82) is 0 Å². The Labute approximate surface area is 66.3 Å². The van der Waals surface area contributed by atoms with E-state index in [1.807, 2.05) is 0 Å². The van der Waals surface area contributed by atoms with Crippen LogP contribution in [0.5, 0.6) is 0 Å². The van der Waals surface area contributed by atoms with Gasteiger partial charge in [-0.25, -0.2) is 5.84 Å². The van der Waals surface area contributed by atoms with Gasteiger partial charge in [0, 0.05) is 6.42 Å². The molecule has 0 aromatic rings. The number of nitrogens with one attached hydrogen (secondary N) is 1. The van der Waals surface area contributed by atoms with Gasteiger partial charge >= 0.3 is 0 Å². The number of hydrogen-bond acceptors (Lipinski definition) is 3. The molecular weight excluding hydrogens is 142 g/mol. The Morgan fingerprint density at radius 2 is 2.18 bits per heavy atom. The van der Waals surface area contributed by atoms with Crippen molar-refractivity contribution in [3.8, 4) is 0 Å². The first-order chi connectivity index (χ1) is 5.22. The van der Waals surface area contributed by atoms with Crippen LogP contribution in [0.25, 0.3) is 0 Å². The zero-order valence-corrected chi connectivity index (χ0v) is 6.60. The van der Waals surface area contributed by atoms with Crippen LogP contribution in [-0.2, 0) is 4.79 Å². The van der Waals surface area contributed by atoms with Crippen LogP contribution in [0.2, 0.25) is 0 Å². The molecule has 4 nitrogen and oxygen atoms in total. The molecular formula is C7H15N3O. The second-order valence-corrected chi connectivity index (χ2v) is 3.30. The van der Waals surface area contributed by atoms with Gasteiger partial charge in [0.15, 0.2) is 0 Å². The third-order valence-corrected chi connectivity index (χ3v) is 2.54. The molecule has 1 rings (SSSR count). The number of rotatable bonds is 3. The molecule has 0 bridgehead atoms. The lowest BCUT2D eigenvalue weighted by molar-refractivity contribution is -0.124. The molecule has 1 amide bonds. The van der Waals surface area contributed by atoms with Gasteiger partial charge in [0.05, 0.1) is 0 Å². The molecule has 0 heterocycles. The Hall–Kier alpha value is -0.610. The monoisotopic (exact) mass is 157 g/mol. The summed E-state index contributed by atoms with van der Waals surface area (Å²) in [5.41, 5.74) is 7.75. The molecule has 4 heteroatoms. The third kappa shape index (κ3) is 1.70. The topological polar surface area (TPSA) is 81.1 Å². The normalized spacial score (nSPS) is 20.5. The first-order valence-electron chi connectivity index (χ1n) is 3.92. The van der Waals surface area contributed by atoms with Crippen LogP contribution in [-0.4, -0.2) is 12.5 Å². The number of nitrogens with two attached hydrogens (primary N) is 2. The maximum absolute atomic E-state index is 10.9. The smallest absolute Gasteiger partial charge is 0.234 e. The number of hydrogen-bond donors (Lipinski definition) is 3. The molecule has 0 radical (unpaired) electrons. The van der Waals surface area contributed by atoms with Crippen molar-refractivity contribution < 1.29 is 4.79 Å². The molecule has 0 aromatic carbocycles. The van der Waals surface area contributed by atoms with Gasteiger partial charge in [0.25, 0.3) is 0 Å². The fraction of sp³-hybridized carbons (Fsp3) is 0.857. The largest absolute Gasteiger partial charge is 0.330 e. The van der Waals surface area contributed by atoms with Crippen molar-refractivity contribution in [2.75, 3.05) is 6.54 Å². The summed E-state index contributed by atoms with van der Waals surface area (Å²) in [6.07, 6.45) is 3.81. The molecule has 11 heavy (non-hydrogen) atoms. The standard InChI is InChI=1S/C7H15N3O/c8-5-7(2-1-3-7)4-6(11)10-9/h1-5,8-9H2,(H,10,11). The molecule has 0 aromatic heterocycles. The Bertz CT molecular complexity index is 148. The van der Waals surface area contributed by atoms with Gasteiger partial charge in [-0.05, 0) is 24.8 Å². The molecule has 0 aliphatic heterocycles. The third-order valence-electron chi connectivity index (χ3n) is 2.54. The highest BCUT2D eigenvalue weighted by atomic mass is 16.2. The summed E-state index contributed by atoms with van der Waals surface area (Å²) in [6, 6.07) is 0. The van der Waals surface area contributed by atoms with E-state index in [-0.39, 0.29) is 11.3 Å². The van der Waals surface area contributed by atoms with E-state index >= 15 is 0 Å². The second-order valence-electron chi connectivity index (χ2n) is 3.30. The number of carbonyl (C=O) groups is 1. The van der Waals surface area contributed by atoms with E-state index in [1.165, 1.54) is 6.42 Å². The van der Waals surface area contributed by atoms with Gasteiger partial charge in [-0.2, -0.15) is 0 Å². The van der Waals surface area contributed by atoms with Crippen LogP contribution < -0.4 is 17.0 Å². The maximum atomic E-state index is 10.9. The maximum Gasteiger partial charge on any atom is 0.234 e. The van der Waals surface area contributed by atoms with Crippen LogP contribution in [0.4, 0.5) is 0 Å². The fourth-order valence-electron chi connectivity index (χ4n) is 1.52. The Morgan fingerprint density at radius 1 is 1.55 bits per heavy atom. The molecule has 1 saturated carbocycles. The van der Waals surface area contributed by atoms with E-state index in [0.717, 1.165) is 12.8 Å². The van der Waals surface area contributed by atoms with Gasteiger partial charge in [0.1, 0.15) is 0 Å². The summed E-state index contributed by atoms with van der Waals surface area (Å²) in [4.78, 5) is 10.9. The predicted molar refractivity (Wildman–Crippen MR) is 42.3 cm³/mol. The van der Waals surface area contributed by atoms with E-state index in [0.29, 0.717) is 13.0 Å². The van der Waals surface area contributed by atoms with Crippen molar-refractivity contribution in [3.05, 3.63) is 0 Å². The van der Waals surface area contributed by atoms with Crippen molar-refractivity contribution in [2.45, 2.75) is 25.7 Å². The number of amides is 1. The summed E-state index contributed by atoms with van der Waals surface area (Å²) in [7, 11) is 0. The molecule has 1 fully saturated rings. The molecule has 0 spiro atoms. The summed E-state index contributed by atoms with van der Waals surface area (Å²) >= 11 is 0. The first kappa shape index (κ1) is 8.49. The van der Waals surface area contributed by atoms with Gasteiger partial charge in [-0.3, -0.25) is 10.2 Å². The molecule has 0 atom stereocenters. The Balaban J connectivity index is 2.38.